The van der Waals surface area contributed by atoms with E-state index in [1.54, 1.807) is 0 Å². The van der Waals surface area contributed by atoms with Crippen molar-refractivity contribution in [1.82, 2.24) is 9.97 Å². The van der Waals surface area contributed by atoms with Gasteiger partial charge >= 0.3 is 0 Å². The van der Waals surface area contributed by atoms with Gasteiger partial charge in [0, 0.05) is 6.54 Å². The minimum Gasteiger partial charge on any atom is -0.394 e. The van der Waals surface area contributed by atoms with Gasteiger partial charge < -0.3 is 10.0 Å². The number of aryl methyl sites for hydroxylation is 1. The van der Waals surface area contributed by atoms with Gasteiger partial charge in [0.15, 0.2) is 5.82 Å². The number of aliphatic hydroxyl groups excluding tert-OH is 1. The summed E-state index contributed by atoms with van der Waals surface area (Å²) in [6.45, 7) is 3.15. The van der Waals surface area contributed by atoms with E-state index in [1.807, 2.05) is 31.2 Å². The molecule has 1 N–H and O–H groups in total. The van der Waals surface area contributed by atoms with Crippen LogP contribution in [0, 0.1) is 6.92 Å². The first-order valence-electron chi connectivity index (χ1n) is 7.40. The van der Waals surface area contributed by atoms with Gasteiger partial charge in [-0.25, -0.2) is 9.97 Å². The molecule has 1 aromatic carbocycles. The summed E-state index contributed by atoms with van der Waals surface area (Å²) in [6, 6.07) is 8.13. The molecular formula is C16H21N3O. The molecule has 1 aliphatic heterocycles. The average molecular weight is 271 g/mol. The van der Waals surface area contributed by atoms with E-state index in [-0.39, 0.29) is 12.6 Å². The highest BCUT2D eigenvalue weighted by molar-refractivity contribution is 5.76. The molecule has 1 unspecified atom stereocenters. The number of hydrogen-bond acceptors (Lipinski definition) is 4. The number of rotatable bonds is 2. The van der Waals surface area contributed by atoms with E-state index in [0.29, 0.717) is 0 Å². The van der Waals surface area contributed by atoms with Gasteiger partial charge in [-0.05, 0) is 31.9 Å². The summed E-state index contributed by atoms with van der Waals surface area (Å²) in [5.41, 5.74) is 2.81. The first-order valence-corrected chi connectivity index (χ1v) is 7.40. The van der Waals surface area contributed by atoms with Crippen molar-refractivity contribution in [2.75, 3.05) is 18.1 Å². The van der Waals surface area contributed by atoms with Crippen molar-refractivity contribution in [2.24, 2.45) is 0 Å². The van der Waals surface area contributed by atoms with Crippen molar-refractivity contribution < 1.29 is 5.11 Å². The molecule has 1 atom stereocenters. The molecule has 1 aliphatic rings. The summed E-state index contributed by atoms with van der Waals surface area (Å²) in [5, 5.41) is 9.66. The van der Waals surface area contributed by atoms with Crippen LogP contribution in [0.2, 0.25) is 0 Å². The lowest BCUT2D eigenvalue weighted by molar-refractivity contribution is 0.254. The Morgan fingerprint density at radius 3 is 2.65 bits per heavy atom. The van der Waals surface area contributed by atoms with E-state index in [0.717, 1.165) is 41.9 Å². The molecule has 0 bridgehead atoms. The van der Waals surface area contributed by atoms with Crippen LogP contribution in [0.25, 0.3) is 11.0 Å². The van der Waals surface area contributed by atoms with Crippen LogP contribution >= 0.6 is 0 Å². The highest BCUT2D eigenvalue weighted by Crippen LogP contribution is 2.26. The Morgan fingerprint density at radius 2 is 1.90 bits per heavy atom. The number of para-hydroxylation sites is 2. The summed E-state index contributed by atoms with van der Waals surface area (Å²) < 4.78 is 0. The third kappa shape index (κ3) is 2.48. The number of aromatic nitrogens is 2. The molecule has 106 valence electrons. The molecule has 20 heavy (non-hydrogen) atoms. The molecular weight excluding hydrogens is 250 g/mol. The molecule has 4 heteroatoms. The number of aliphatic hydroxyl groups is 1. The standard InChI is InChI=1S/C16H21N3O/c1-12-16(18-15-9-5-4-8-14(15)17-12)19-10-6-2-3-7-13(19)11-20/h4-5,8-9,13,20H,2-3,6-7,10-11H2,1H3. The third-order valence-corrected chi connectivity index (χ3v) is 4.08. The van der Waals surface area contributed by atoms with Crippen LogP contribution in [-0.4, -0.2) is 34.3 Å². The fraction of sp³-hybridized carbons (Fsp3) is 0.500. The fourth-order valence-electron chi connectivity index (χ4n) is 3.00. The van der Waals surface area contributed by atoms with E-state index in [1.165, 1.54) is 12.8 Å². The van der Waals surface area contributed by atoms with Crippen LogP contribution in [0.3, 0.4) is 0 Å². The normalized spacial score (nSPS) is 20.1. The fourth-order valence-corrected chi connectivity index (χ4v) is 3.00. The predicted molar refractivity (Wildman–Crippen MR) is 81.0 cm³/mol. The van der Waals surface area contributed by atoms with Crippen molar-refractivity contribution in [3.05, 3.63) is 30.0 Å². The molecule has 4 nitrogen and oxygen atoms in total. The third-order valence-electron chi connectivity index (χ3n) is 4.08. The van der Waals surface area contributed by atoms with Crippen LogP contribution in [0.5, 0.6) is 0 Å². The minimum atomic E-state index is 0.173. The Balaban J connectivity index is 2.04. The maximum absolute atomic E-state index is 9.66. The number of fused-ring (bicyclic) bond motifs is 1. The van der Waals surface area contributed by atoms with E-state index in [9.17, 15) is 5.11 Å². The van der Waals surface area contributed by atoms with E-state index < -0.39 is 0 Å². The van der Waals surface area contributed by atoms with Gasteiger partial charge in [-0.2, -0.15) is 0 Å². The van der Waals surface area contributed by atoms with Gasteiger partial charge in [-0.1, -0.05) is 25.0 Å². The molecule has 0 saturated carbocycles. The summed E-state index contributed by atoms with van der Waals surface area (Å²) in [7, 11) is 0. The van der Waals surface area contributed by atoms with Crippen LogP contribution < -0.4 is 4.90 Å². The number of anilines is 1. The van der Waals surface area contributed by atoms with Crippen LogP contribution in [0.1, 0.15) is 31.4 Å². The van der Waals surface area contributed by atoms with E-state index in [4.69, 9.17) is 4.98 Å². The second-order valence-electron chi connectivity index (χ2n) is 5.50. The van der Waals surface area contributed by atoms with Gasteiger partial charge in [-0.15, -0.1) is 0 Å². The lowest BCUT2D eigenvalue weighted by Crippen LogP contribution is -2.38. The maximum atomic E-state index is 9.66. The lowest BCUT2D eigenvalue weighted by Gasteiger charge is -2.30. The lowest BCUT2D eigenvalue weighted by atomic mass is 10.1. The molecule has 0 amide bonds. The zero-order chi connectivity index (χ0) is 13.9. The SMILES string of the molecule is Cc1nc2ccccc2nc1N1CCCCCC1CO. The molecule has 0 spiro atoms. The summed E-state index contributed by atoms with van der Waals surface area (Å²) >= 11 is 0. The molecule has 0 radical (unpaired) electrons. The van der Waals surface area contributed by atoms with Crippen molar-refractivity contribution in [1.29, 1.82) is 0 Å². The van der Waals surface area contributed by atoms with Crippen LogP contribution in [0.4, 0.5) is 5.82 Å². The van der Waals surface area contributed by atoms with Gasteiger partial charge in [0.25, 0.3) is 0 Å². The number of nitrogens with zero attached hydrogens (tertiary/aromatic N) is 3. The van der Waals surface area contributed by atoms with Gasteiger partial charge in [-0.3, -0.25) is 0 Å². The van der Waals surface area contributed by atoms with Crippen molar-refractivity contribution in [3.63, 3.8) is 0 Å². The molecule has 1 aromatic heterocycles. The molecule has 1 saturated heterocycles. The predicted octanol–water partition coefficient (Wildman–Crippen LogP) is 2.68. The Labute approximate surface area is 119 Å². The van der Waals surface area contributed by atoms with Gasteiger partial charge in [0.1, 0.15) is 0 Å². The monoisotopic (exact) mass is 271 g/mol. The zero-order valence-electron chi connectivity index (χ0n) is 11.9. The summed E-state index contributed by atoms with van der Waals surface area (Å²) in [6.07, 6.45) is 4.60. The largest absolute Gasteiger partial charge is 0.394 e. The van der Waals surface area contributed by atoms with Crippen molar-refractivity contribution >= 4 is 16.9 Å². The molecule has 2 aromatic rings. The topological polar surface area (TPSA) is 49.2 Å². The maximum Gasteiger partial charge on any atom is 0.151 e. The molecule has 2 heterocycles. The summed E-state index contributed by atoms with van der Waals surface area (Å²) in [4.78, 5) is 11.7. The molecule has 1 fully saturated rings. The summed E-state index contributed by atoms with van der Waals surface area (Å²) in [5.74, 6) is 0.935. The molecule has 3 rings (SSSR count). The molecule has 0 aliphatic carbocycles. The van der Waals surface area contributed by atoms with Crippen molar-refractivity contribution in [3.8, 4) is 0 Å². The average Bonchev–Trinajstić information content (AvgIpc) is 2.71. The highest BCUT2D eigenvalue weighted by atomic mass is 16.3. The second kappa shape index (κ2) is 5.75. The second-order valence-corrected chi connectivity index (χ2v) is 5.50. The Kier molecular flexibility index (Phi) is 3.83. The Hall–Kier alpha value is -1.68. The van der Waals surface area contributed by atoms with Crippen LogP contribution in [0.15, 0.2) is 24.3 Å². The van der Waals surface area contributed by atoms with Gasteiger partial charge in [0.2, 0.25) is 0 Å². The quantitative estimate of drug-likeness (QED) is 0.912. The zero-order valence-corrected chi connectivity index (χ0v) is 11.9. The highest BCUT2D eigenvalue weighted by Gasteiger charge is 2.23. The van der Waals surface area contributed by atoms with Crippen molar-refractivity contribution in [2.45, 2.75) is 38.6 Å². The number of hydrogen-bond donors (Lipinski definition) is 1. The Bertz CT molecular complexity index is 599. The first-order chi connectivity index (χ1) is 9.79. The van der Waals surface area contributed by atoms with Gasteiger partial charge in [0.05, 0.1) is 29.4 Å². The first kappa shape index (κ1) is 13.3. The van der Waals surface area contributed by atoms with E-state index in [2.05, 4.69) is 9.88 Å². The number of benzene rings is 1. The van der Waals surface area contributed by atoms with E-state index >= 15 is 0 Å². The minimum absolute atomic E-state index is 0.173. The van der Waals surface area contributed by atoms with Crippen LogP contribution in [-0.2, 0) is 0 Å². The Morgan fingerprint density at radius 1 is 1.15 bits per heavy atom. The smallest absolute Gasteiger partial charge is 0.151 e.